The predicted molar refractivity (Wildman–Crippen MR) is 129 cm³/mol. The van der Waals surface area contributed by atoms with Crippen LogP contribution in [0, 0.1) is 0 Å². The first-order valence-corrected chi connectivity index (χ1v) is 11.2. The highest BCUT2D eigenvalue weighted by Crippen LogP contribution is 2.43. The van der Waals surface area contributed by atoms with Crippen molar-refractivity contribution >= 4 is 17.6 Å². The number of allylic oxidation sites excluding steroid dienone is 2. The van der Waals surface area contributed by atoms with Crippen molar-refractivity contribution in [1.82, 2.24) is 4.90 Å². The minimum atomic E-state index is -0.319. The second-order valence-corrected chi connectivity index (χ2v) is 8.25. The number of halogens is 1. The van der Waals surface area contributed by atoms with Crippen molar-refractivity contribution in [3.63, 3.8) is 0 Å². The topological polar surface area (TPSA) is 29.5 Å². The van der Waals surface area contributed by atoms with Gasteiger partial charge in [-0.2, -0.15) is 0 Å². The Kier molecular flexibility index (Phi) is 6.77. The Labute approximate surface area is 194 Å². The molecule has 3 aromatic carbocycles. The van der Waals surface area contributed by atoms with Gasteiger partial charge in [0.05, 0.1) is 24.3 Å². The van der Waals surface area contributed by atoms with E-state index < -0.39 is 0 Å². The van der Waals surface area contributed by atoms with Gasteiger partial charge >= 0.3 is 5.97 Å². The average molecular weight is 444 g/mol. The van der Waals surface area contributed by atoms with Crippen LogP contribution in [0.1, 0.15) is 42.6 Å². The Morgan fingerprint density at radius 2 is 1.50 bits per heavy atom. The van der Waals surface area contributed by atoms with Crippen LogP contribution >= 0.6 is 11.6 Å². The van der Waals surface area contributed by atoms with Crippen LogP contribution in [0.4, 0.5) is 0 Å². The van der Waals surface area contributed by atoms with E-state index in [-0.39, 0.29) is 18.1 Å². The Bertz CT molecular complexity index is 1080. The summed E-state index contributed by atoms with van der Waals surface area (Å²) in [5.74, 6) is -0.301. The SMILES string of the molecule is CCOC(=O)C1=CC(C)=CN(C(c2ccccc2)c2ccccc2)C1c1ccc(Cl)cc1. The molecular weight excluding hydrogens is 418 g/mol. The van der Waals surface area contributed by atoms with Gasteiger partial charge in [-0.25, -0.2) is 4.79 Å². The minimum Gasteiger partial charge on any atom is -0.463 e. The zero-order valence-corrected chi connectivity index (χ0v) is 19.0. The van der Waals surface area contributed by atoms with Crippen molar-refractivity contribution in [3.8, 4) is 0 Å². The molecule has 0 aliphatic carbocycles. The van der Waals surface area contributed by atoms with Gasteiger partial charge < -0.3 is 9.64 Å². The smallest absolute Gasteiger partial charge is 0.336 e. The molecule has 0 saturated heterocycles. The third-order valence-corrected chi connectivity index (χ3v) is 5.81. The molecule has 3 nitrogen and oxygen atoms in total. The second kappa shape index (κ2) is 9.88. The zero-order valence-electron chi connectivity index (χ0n) is 18.2. The Balaban J connectivity index is 1.90. The highest BCUT2D eigenvalue weighted by molar-refractivity contribution is 6.30. The molecule has 1 heterocycles. The van der Waals surface area contributed by atoms with Crippen molar-refractivity contribution in [2.24, 2.45) is 0 Å². The number of hydrogen-bond donors (Lipinski definition) is 0. The molecule has 162 valence electrons. The van der Waals surface area contributed by atoms with Gasteiger partial charge in [-0.05, 0) is 54.3 Å². The number of esters is 1. The fourth-order valence-electron chi connectivity index (χ4n) is 4.24. The molecule has 0 amide bonds. The third-order valence-electron chi connectivity index (χ3n) is 5.55. The van der Waals surface area contributed by atoms with E-state index >= 15 is 0 Å². The molecule has 1 aliphatic rings. The number of hydrogen-bond acceptors (Lipinski definition) is 3. The van der Waals surface area contributed by atoms with Crippen molar-refractivity contribution in [3.05, 3.63) is 130 Å². The van der Waals surface area contributed by atoms with Crippen LogP contribution in [0.3, 0.4) is 0 Å². The molecule has 1 unspecified atom stereocenters. The van der Waals surface area contributed by atoms with Crippen molar-refractivity contribution in [1.29, 1.82) is 0 Å². The van der Waals surface area contributed by atoms with Crippen LogP contribution in [0.2, 0.25) is 5.02 Å². The van der Waals surface area contributed by atoms with Gasteiger partial charge in [-0.3, -0.25) is 0 Å². The number of carbonyl (C=O) groups excluding carboxylic acids is 1. The van der Waals surface area contributed by atoms with Gasteiger partial charge in [0, 0.05) is 11.2 Å². The van der Waals surface area contributed by atoms with Crippen LogP contribution < -0.4 is 0 Å². The van der Waals surface area contributed by atoms with Crippen LogP contribution in [-0.4, -0.2) is 17.5 Å². The predicted octanol–water partition coefficient (Wildman–Crippen LogP) is 6.88. The molecule has 0 spiro atoms. The number of ether oxygens (including phenoxy) is 1. The van der Waals surface area contributed by atoms with Gasteiger partial charge in [0.1, 0.15) is 0 Å². The first kappa shape index (κ1) is 21.9. The molecular formula is C28H26ClNO2. The van der Waals surface area contributed by atoms with E-state index in [2.05, 4.69) is 35.4 Å². The van der Waals surface area contributed by atoms with E-state index in [1.54, 1.807) is 0 Å². The first-order valence-electron chi connectivity index (χ1n) is 10.8. The van der Waals surface area contributed by atoms with E-state index in [0.717, 1.165) is 22.3 Å². The van der Waals surface area contributed by atoms with E-state index in [0.29, 0.717) is 17.2 Å². The molecule has 4 heteroatoms. The maximum absolute atomic E-state index is 13.1. The molecule has 0 radical (unpaired) electrons. The van der Waals surface area contributed by atoms with E-state index in [1.165, 1.54) is 0 Å². The fraction of sp³-hybridized carbons (Fsp3) is 0.179. The van der Waals surface area contributed by atoms with Crippen LogP contribution in [0.15, 0.2) is 108 Å². The van der Waals surface area contributed by atoms with Crippen LogP contribution in [0.25, 0.3) is 0 Å². The number of nitrogens with zero attached hydrogens (tertiary/aromatic N) is 1. The van der Waals surface area contributed by atoms with Gasteiger partial charge in [0.25, 0.3) is 0 Å². The molecule has 32 heavy (non-hydrogen) atoms. The number of carbonyl (C=O) groups is 1. The second-order valence-electron chi connectivity index (χ2n) is 7.82. The summed E-state index contributed by atoms with van der Waals surface area (Å²) in [6, 6.07) is 28.0. The lowest BCUT2D eigenvalue weighted by Gasteiger charge is -2.41. The van der Waals surface area contributed by atoms with E-state index in [4.69, 9.17) is 16.3 Å². The fourth-order valence-corrected chi connectivity index (χ4v) is 4.37. The summed E-state index contributed by atoms with van der Waals surface area (Å²) >= 11 is 6.18. The summed E-state index contributed by atoms with van der Waals surface area (Å²) in [4.78, 5) is 15.3. The lowest BCUT2D eigenvalue weighted by molar-refractivity contribution is -0.139. The van der Waals surface area contributed by atoms with Crippen molar-refractivity contribution in [2.75, 3.05) is 6.61 Å². The Morgan fingerprint density at radius 1 is 0.938 bits per heavy atom. The molecule has 0 N–H and O–H groups in total. The lowest BCUT2D eigenvalue weighted by Crippen LogP contribution is -2.35. The number of rotatable bonds is 6. The molecule has 4 rings (SSSR count). The maximum Gasteiger partial charge on any atom is 0.336 e. The summed E-state index contributed by atoms with van der Waals surface area (Å²) in [6.45, 7) is 4.17. The normalized spacial score (nSPS) is 15.9. The summed E-state index contributed by atoms with van der Waals surface area (Å²) in [7, 11) is 0. The lowest BCUT2D eigenvalue weighted by atomic mass is 9.88. The summed E-state index contributed by atoms with van der Waals surface area (Å²) in [6.07, 6.45) is 4.06. The van der Waals surface area contributed by atoms with Crippen molar-refractivity contribution < 1.29 is 9.53 Å². The number of benzene rings is 3. The minimum absolute atomic E-state index is 0.0915. The van der Waals surface area contributed by atoms with Gasteiger partial charge in [-0.1, -0.05) is 84.4 Å². The van der Waals surface area contributed by atoms with E-state index in [1.807, 2.05) is 80.6 Å². The van der Waals surface area contributed by atoms with Crippen molar-refractivity contribution in [2.45, 2.75) is 25.9 Å². The molecule has 0 aromatic heterocycles. The molecule has 1 atom stereocenters. The third kappa shape index (κ3) is 4.63. The Morgan fingerprint density at radius 3 is 2.03 bits per heavy atom. The largest absolute Gasteiger partial charge is 0.463 e. The standard InChI is InChI=1S/C28H26ClNO2/c1-3-32-28(31)25-18-20(2)19-30(27(25)23-14-16-24(29)17-15-23)26(21-10-6-4-7-11-21)22-12-8-5-9-13-22/h4-19,26-27H,3H2,1-2H3. The molecule has 0 saturated carbocycles. The summed E-state index contributed by atoms with van der Waals surface area (Å²) in [5, 5.41) is 0.659. The molecule has 3 aromatic rings. The van der Waals surface area contributed by atoms with Gasteiger partial charge in [-0.15, -0.1) is 0 Å². The highest BCUT2D eigenvalue weighted by atomic mass is 35.5. The van der Waals surface area contributed by atoms with Crippen LogP contribution in [-0.2, 0) is 9.53 Å². The summed E-state index contributed by atoms with van der Waals surface area (Å²) < 4.78 is 5.46. The monoisotopic (exact) mass is 443 g/mol. The maximum atomic E-state index is 13.1. The van der Waals surface area contributed by atoms with E-state index in [9.17, 15) is 4.79 Å². The van der Waals surface area contributed by atoms with Gasteiger partial charge in [0.2, 0.25) is 0 Å². The molecule has 0 fully saturated rings. The average Bonchev–Trinajstić information content (AvgIpc) is 2.81. The molecule has 1 aliphatic heterocycles. The first-order chi connectivity index (χ1) is 15.6. The quantitative estimate of drug-likeness (QED) is 0.389. The van der Waals surface area contributed by atoms with Crippen LogP contribution in [0.5, 0.6) is 0 Å². The van der Waals surface area contributed by atoms with Gasteiger partial charge in [0.15, 0.2) is 0 Å². The Hall–Kier alpha value is -3.30. The summed E-state index contributed by atoms with van der Waals surface area (Å²) in [5.41, 5.74) is 4.88. The highest BCUT2D eigenvalue weighted by Gasteiger charge is 2.35. The zero-order chi connectivity index (χ0) is 22.5. The molecule has 0 bridgehead atoms.